The van der Waals surface area contributed by atoms with E-state index in [2.05, 4.69) is 4.98 Å². The largest absolute Gasteiger partial charge is 0.380 e. The zero-order chi connectivity index (χ0) is 19.0. The molecule has 5 nitrogen and oxygen atoms in total. The van der Waals surface area contributed by atoms with Crippen LogP contribution in [0.15, 0.2) is 36.5 Å². The van der Waals surface area contributed by atoms with Gasteiger partial charge in [0.15, 0.2) is 0 Å². The first-order valence-electron chi connectivity index (χ1n) is 9.33. The molecule has 0 saturated carbocycles. The first-order valence-corrected chi connectivity index (χ1v) is 9.33. The molecular formula is C20H23F2N3O2. The number of hydrogen-bond donors (Lipinski definition) is 0. The average molecular weight is 375 g/mol. The molecule has 7 heteroatoms. The normalized spacial score (nSPS) is 22.9. The Morgan fingerprint density at radius 1 is 1.30 bits per heavy atom. The summed E-state index contributed by atoms with van der Waals surface area (Å²) in [6, 6.07) is 9.15. The van der Waals surface area contributed by atoms with Crippen LogP contribution in [0.1, 0.15) is 23.8 Å². The maximum absolute atomic E-state index is 13.9. The Bertz CT molecular complexity index is 834. The second-order valence-electron chi connectivity index (χ2n) is 7.29. The van der Waals surface area contributed by atoms with Crippen LogP contribution in [0.5, 0.6) is 0 Å². The number of halogens is 2. The lowest BCUT2D eigenvalue weighted by Crippen LogP contribution is -2.62. The number of pyridine rings is 1. The van der Waals surface area contributed by atoms with E-state index in [4.69, 9.17) is 4.74 Å². The van der Waals surface area contributed by atoms with Gasteiger partial charge in [0.25, 0.3) is 11.8 Å². The lowest BCUT2D eigenvalue weighted by Gasteiger charge is -2.45. The average Bonchev–Trinajstić information content (AvgIpc) is 2.92. The number of nitrogens with zero attached hydrogens (tertiary/aromatic N) is 3. The summed E-state index contributed by atoms with van der Waals surface area (Å²) >= 11 is 0. The zero-order valence-corrected chi connectivity index (χ0v) is 15.3. The molecule has 1 aromatic carbocycles. The summed E-state index contributed by atoms with van der Waals surface area (Å²) in [6.45, 7) is 3.31. The summed E-state index contributed by atoms with van der Waals surface area (Å²) in [6.07, 6.45) is 1.45. The second-order valence-corrected chi connectivity index (χ2v) is 7.29. The van der Waals surface area contributed by atoms with E-state index < -0.39 is 5.92 Å². The molecule has 2 saturated heterocycles. The van der Waals surface area contributed by atoms with E-state index in [9.17, 15) is 13.6 Å². The Labute approximate surface area is 156 Å². The minimum absolute atomic E-state index is 0.0530. The van der Waals surface area contributed by atoms with Gasteiger partial charge in [-0.3, -0.25) is 14.7 Å². The molecule has 1 amide bonds. The number of hydrogen-bond acceptors (Lipinski definition) is 4. The number of carbonyl (C=O) groups is 1. The summed E-state index contributed by atoms with van der Waals surface area (Å²) in [7, 11) is 0. The molecule has 2 aliphatic heterocycles. The van der Waals surface area contributed by atoms with Gasteiger partial charge in [-0.1, -0.05) is 24.3 Å². The van der Waals surface area contributed by atoms with Crippen LogP contribution in [0.2, 0.25) is 0 Å². The Hall–Kier alpha value is -2.12. The predicted octanol–water partition coefficient (Wildman–Crippen LogP) is 2.81. The van der Waals surface area contributed by atoms with Gasteiger partial charge in [0.05, 0.1) is 13.2 Å². The van der Waals surface area contributed by atoms with Gasteiger partial charge >= 0.3 is 0 Å². The van der Waals surface area contributed by atoms with E-state index >= 15 is 0 Å². The van der Waals surface area contributed by atoms with Gasteiger partial charge < -0.3 is 9.64 Å². The molecule has 2 aliphatic rings. The smallest absolute Gasteiger partial charge is 0.273 e. The third-order valence-electron chi connectivity index (χ3n) is 5.43. The van der Waals surface area contributed by atoms with Crippen molar-refractivity contribution in [3.05, 3.63) is 42.2 Å². The van der Waals surface area contributed by atoms with Crippen molar-refractivity contribution in [2.45, 2.75) is 31.4 Å². The van der Waals surface area contributed by atoms with Crippen LogP contribution in [-0.2, 0) is 4.74 Å². The van der Waals surface area contributed by atoms with Gasteiger partial charge in [0, 0.05) is 49.8 Å². The van der Waals surface area contributed by atoms with Crippen molar-refractivity contribution in [1.29, 1.82) is 0 Å². The molecule has 0 unspecified atom stereocenters. The molecule has 0 aliphatic carbocycles. The SMILES string of the molecule is CCOC[C@@H]1CC(F)(F)CN1C1CN(C(=O)c2nccc3ccccc23)C1. The highest BCUT2D eigenvalue weighted by molar-refractivity contribution is 6.05. The van der Waals surface area contributed by atoms with E-state index in [0.717, 1.165) is 10.8 Å². The van der Waals surface area contributed by atoms with Crippen LogP contribution < -0.4 is 0 Å². The maximum atomic E-state index is 13.9. The van der Waals surface area contributed by atoms with E-state index in [1.54, 1.807) is 11.1 Å². The van der Waals surface area contributed by atoms with Crippen LogP contribution in [0.25, 0.3) is 10.8 Å². The fourth-order valence-electron chi connectivity index (χ4n) is 4.03. The van der Waals surface area contributed by atoms with Crippen molar-refractivity contribution in [2.75, 3.05) is 32.8 Å². The van der Waals surface area contributed by atoms with Crippen LogP contribution in [0.3, 0.4) is 0 Å². The predicted molar refractivity (Wildman–Crippen MR) is 98.0 cm³/mol. The zero-order valence-electron chi connectivity index (χ0n) is 15.3. The maximum Gasteiger partial charge on any atom is 0.273 e. The van der Waals surface area contributed by atoms with Crippen molar-refractivity contribution in [1.82, 2.24) is 14.8 Å². The lowest BCUT2D eigenvalue weighted by atomic mass is 10.0. The number of likely N-dealkylation sites (tertiary alicyclic amines) is 2. The van der Waals surface area contributed by atoms with Gasteiger partial charge in [0.1, 0.15) is 5.69 Å². The number of aromatic nitrogens is 1. The molecule has 0 bridgehead atoms. The minimum atomic E-state index is -2.69. The first kappa shape index (κ1) is 18.3. The quantitative estimate of drug-likeness (QED) is 0.806. The van der Waals surface area contributed by atoms with Crippen LogP contribution in [-0.4, -0.2) is 71.5 Å². The van der Waals surface area contributed by atoms with E-state index in [0.29, 0.717) is 32.0 Å². The summed E-state index contributed by atoms with van der Waals surface area (Å²) in [5.74, 6) is -2.83. The summed E-state index contributed by atoms with van der Waals surface area (Å²) < 4.78 is 33.2. The fraction of sp³-hybridized carbons (Fsp3) is 0.500. The summed E-state index contributed by atoms with van der Waals surface area (Å²) in [4.78, 5) is 20.6. The van der Waals surface area contributed by atoms with Crippen molar-refractivity contribution in [3.63, 3.8) is 0 Å². The van der Waals surface area contributed by atoms with E-state index in [1.165, 1.54) is 0 Å². The molecule has 144 valence electrons. The number of fused-ring (bicyclic) bond motifs is 1. The summed E-state index contributed by atoms with van der Waals surface area (Å²) in [5, 5.41) is 1.78. The summed E-state index contributed by atoms with van der Waals surface area (Å²) in [5.41, 5.74) is 0.421. The van der Waals surface area contributed by atoms with Crippen molar-refractivity contribution < 1.29 is 18.3 Å². The highest BCUT2D eigenvalue weighted by Crippen LogP contribution is 2.36. The van der Waals surface area contributed by atoms with Crippen LogP contribution in [0, 0.1) is 0 Å². The highest BCUT2D eigenvalue weighted by atomic mass is 19.3. The van der Waals surface area contributed by atoms with E-state index in [-0.39, 0.29) is 31.0 Å². The molecule has 27 heavy (non-hydrogen) atoms. The van der Waals surface area contributed by atoms with Crippen molar-refractivity contribution in [3.8, 4) is 0 Å². The number of ether oxygens (including phenoxy) is 1. The van der Waals surface area contributed by atoms with Gasteiger partial charge in [-0.25, -0.2) is 8.78 Å². The van der Waals surface area contributed by atoms with Crippen molar-refractivity contribution >= 4 is 16.7 Å². The molecule has 0 N–H and O–H groups in total. The standard InChI is InChI=1S/C20H23F2N3O2/c1-2-27-12-15-9-20(21,22)13-25(15)16-10-24(11-16)19(26)18-17-6-4-3-5-14(17)7-8-23-18/h3-8,15-16H,2,9-13H2,1H3/t15-/m0/s1. The Morgan fingerprint density at radius 3 is 2.85 bits per heavy atom. The molecule has 2 aromatic rings. The third kappa shape index (κ3) is 3.53. The van der Waals surface area contributed by atoms with Crippen LogP contribution in [0.4, 0.5) is 8.78 Å². The molecule has 0 spiro atoms. The topological polar surface area (TPSA) is 45.7 Å². The lowest BCUT2D eigenvalue weighted by molar-refractivity contribution is -0.0149. The Balaban J connectivity index is 1.44. The highest BCUT2D eigenvalue weighted by Gasteiger charge is 2.50. The van der Waals surface area contributed by atoms with Gasteiger partial charge in [-0.15, -0.1) is 0 Å². The Morgan fingerprint density at radius 2 is 2.07 bits per heavy atom. The molecule has 4 rings (SSSR count). The fourth-order valence-corrected chi connectivity index (χ4v) is 4.03. The number of rotatable bonds is 5. The number of alkyl halides is 2. The monoisotopic (exact) mass is 375 g/mol. The number of benzene rings is 1. The molecule has 2 fully saturated rings. The minimum Gasteiger partial charge on any atom is -0.380 e. The van der Waals surface area contributed by atoms with Gasteiger partial charge in [0.2, 0.25) is 0 Å². The second kappa shape index (κ2) is 7.13. The van der Waals surface area contributed by atoms with Crippen LogP contribution >= 0.6 is 0 Å². The molecule has 1 atom stereocenters. The van der Waals surface area contributed by atoms with Gasteiger partial charge in [-0.2, -0.15) is 0 Å². The third-order valence-corrected chi connectivity index (χ3v) is 5.43. The molecule has 3 heterocycles. The molecule has 0 radical (unpaired) electrons. The number of carbonyl (C=O) groups excluding carboxylic acids is 1. The molecule has 1 aromatic heterocycles. The number of amides is 1. The molecular weight excluding hydrogens is 352 g/mol. The van der Waals surface area contributed by atoms with E-state index in [1.807, 2.05) is 42.2 Å². The van der Waals surface area contributed by atoms with Gasteiger partial charge in [-0.05, 0) is 18.4 Å². The van der Waals surface area contributed by atoms with Crippen molar-refractivity contribution in [2.24, 2.45) is 0 Å². The Kier molecular flexibility index (Phi) is 4.82. The first-order chi connectivity index (χ1) is 13.0.